The Morgan fingerprint density at radius 3 is 2.65 bits per heavy atom. The number of hydrogen-bond acceptors (Lipinski definition) is 5. The van der Waals surface area contributed by atoms with Crippen LogP contribution in [0.4, 0.5) is 11.5 Å². The van der Waals surface area contributed by atoms with E-state index in [1.165, 1.54) is 12.2 Å². The van der Waals surface area contributed by atoms with Crippen molar-refractivity contribution in [1.82, 2.24) is 9.78 Å². The molecule has 0 radical (unpaired) electrons. The molecule has 0 fully saturated rings. The summed E-state index contributed by atoms with van der Waals surface area (Å²) in [5.41, 5.74) is 0.566. The number of aromatic nitrogens is 2. The minimum atomic E-state index is -0.350. The van der Waals surface area contributed by atoms with Gasteiger partial charge in [-0.3, -0.25) is 10.1 Å². The molecule has 0 aliphatic rings. The normalized spacial score (nSPS) is 11.1. The molecule has 20 heavy (non-hydrogen) atoms. The van der Waals surface area contributed by atoms with Gasteiger partial charge in [0.2, 0.25) is 5.82 Å². The molecular weight excluding hydrogens is 276 g/mol. The first-order valence-corrected chi connectivity index (χ1v) is 8.34. The smallest absolute Gasteiger partial charge is 0.333 e. The highest BCUT2D eigenvalue weighted by atomic mass is 32.2. The Kier molecular flexibility index (Phi) is 6.84. The molecule has 114 valence electrons. The standard InChI is InChI=1S/C13H24N4O2S/c1-10(2)16-13(12(17(18)19)11(3)15-16)14-8-6-5-7-9-20-4/h10,14H,5-9H2,1-4H3. The molecule has 1 rings (SSSR count). The highest BCUT2D eigenvalue weighted by Crippen LogP contribution is 2.30. The minimum absolute atomic E-state index is 0.0985. The molecule has 1 aromatic rings. The SMILES string of the molecule is CSCCCCCNc1c([N+](=O)[O-])c(C)nn1C(C)C. The number of unbranched alkanes of at least 4 members (excludes halogenated alkanes) is 2. The Morgan fingerprint density at radius 1 is 1.40 bits per heavy atom. The van der Waals surface area contributed by atoms with E-state index in [0.29, 0.717) is 11.5 Å². The summed E-state index contributed by atoms with van der Waals surface area (Å²) in [7, 11) is 0. The third-order valence-corrected chi connectivity index (χ3v) is 3.74. The van der Waals surface area contributed by atoms with Crippen LogP contribution < -0.4 is 5.32 Å². The van der Waals surface area contributed by atoms with Crippen LogP contribution >= 0.6 is 11.8 Å². The van der Waals surface area contributed by atoms with Gasteiger partial charge in [0.25, 0.3) is 0 Å². The van der Waals surface area contributed by atoms with E-state index in [0.717, 1.165) is 19.4 Å². The highest BCUT2D eigenvalue weighted by Gasteiger charge is 2.25. The molecule has 0 aliphatic carbocycles. The number of anilines is 1. The summed E-state index contributed by atoms with van der Waals surface area (Å²) in [6, 6.07) is 0.0985. The first-order chi connectivity index (χ1) is 9.49. The van der Waals surface area contributed by atoms with Gasteiger partial charge in [0.15, 0.2) is 0 Å². The lowest BCUT2D eigenvalue weighted by Crippen LogP contribution is -2.12. The Labute approximate surface area is 124 Å². The summed E-state index contributed by atoms with van der Waals surface area (Å²) in [5.74, 6) is 1.70. The van der Waals surface area contributed by atoms with Crippen molar-refractivity contribution in [2.75, 3.05) is 23.9 Å². The fourth-order valence-electron chi connectivity index (χ4n) is 2.05. The van der Waals surface area contributed by atoms with Crippen LogP contribution in [0.3, 0.4) is 0 Å². The summed E-state index contributed by atoms with van der Waals surface area (Å²) >= 11 is 1.85. The van der Waals surface area contributed by atoms with Crippen LogP contribution in [-0.2, 0) is 0 Å². The Balaban J connectivity index is 2.69. The molecule has 7 heteroatoms. The predicted molar refractivity (Wildman–Crippen MR) is 84.7 cm³/mol. The van der Waals surface area contributed by atoms with E-state index in [4.69, 9.17) is 0 Å². The van der Waals surface area contributed by atoms with Gasteiger partial charge in [0.05, 0.1) is 4.92 Å². The van der Waals surface area contributed by atoms with Crippen molar-refractivity contribution < 1.29 is 4.92 Å². The van der Waals surface area contributed by atoms with Crippen LogP contribution in [-0.4, -0.2) is 33.3 Å². The molecule has 6 nitrogen and oxygen atoms in total. The van der Waals surface area contributed by atoms with Crippen molar-refractivity contribution in [3.8, 4) is 0 Å². The maximum absolute atomic E-state index is 11.2. The Hall–Kier alpha value is -1.24. The van der Waals surface area contributed by atoms with Crippen LogP contribution in [0.2, 0.25) is 0 Å². The van der Waals surface area contributed by atoms with E-state index in [2.05, 4.69) is 16.7 Å². The van der Waals surface area contributed by atoms with Gasteiger partial charge in [-0.1, -0.05) is 6.42 Å². The van der Waals surface area contributed by atoms with Crippen LogP contribution in [0.5, 0.6) is 0 Å². The molecule has 0 saturated carbocycles. The average Bonchev–Trinajstić information content (AvgIpc) is 2.71. The molecule has 0 bridgehead atoms. The predicted octanol–water partition coefficient (Wildman–Crippen LogP) is 3.63. The largest absolute Gasteiger partial charge is 0.365 e. The summed E-state index contributed by atoms with van der Waals surface area (Å²) in [5, 5.41) is 18.6. The molecule has 0 amide bonds. The van der Waals surface area contributed by atoms with Gasteiger partial charge in [-0.25, -0.2) is 4.68 Å². The molecule has 0 atom stereocenters. The quantitative estimate of drug-likeness (QED) is 0.428. The van der Waals surface area contributed by atoms with Crippen molar-refractivity contribution in [2.45, 2.75) is 46.1 Å². The number of aryl methyl sites for hydroxylation is 1. The van der Waals surface area contributed by atoms with Crippen LogP contribution in [0.25, 0.3) is 0 Å². The van der Waals surface area contributed by atoms with E-state index >= 15 is 0 Å². The van der Waals surface area contributed by atoms with Crippen LogP contribution in [0, 0.1) is 17.0 Å². The van der Waals surface area contributed by atoms with E-state index in [-0.39, 0.29) is 16.7 Å². The van der Waals surface area contributed by atoms with E-state index in [9.17, 15) is 10.1 Å². The summed E-state index contributed by atoms with van der Waals surface area (Å²) in [6.07, 6.45) is 5.44. The van der Waals surface area contributed by atoms with Gasteiger partial charge in [-0.05, 0) is 45.6 Å². The lowest BCUT2D eigenvalue weighted by Gasteiger charge is -2.11. The second kappa shape index (κ2) is 8.14. The molecule has 0 unspecified atom stereocenters. The maximum Gasteiger partial charge on any atom is 0.333 e. The van der Waals surface area contributed by atoms with Gasteiger partial charge >= 0.3 is 5.69 Å². The Morgan fingerprint density at radius 2 is 2.10 bits per heavy atom. The zero-order valence-corrected chi connectivity index (χ0v) is 13.5. The summed E-state index contributed by atoms with van der Waals surface area (Å²) in [4.78, 5) is 10.8. The minimum Gasteiger partial charge on any atom is -0.365 e. The van der Waals surface area contributed by atoms with Gasteiger partial charge in [0, 0.05) is 12.6 Å². The van der Waals surface area contributed by atoms with E-state index in [1.54, 1.807) is 11.6 Å². The third-order valence-electron chi connectivity index (χ3n) is 3.04. The number of nitrogens with one attached hydrogen (secondary N) is 1. The van der Waals surface area contributed by atoms with Gasteiger partial charge in [-0.15, -0.1) is 0 Å². The number of nitro groups is 1. The van der Waals surface area contributed by atoms with E-state index in [1.807, 2.05) is 25.6 Å². The lowest BCUT2D eigenvalue weighted by atomic mass is 10.2. The zero-order valence-electron chi connectivity index (χ0n) is 12.7. The van der Waals surface area contributed by atoms with Crippen LogP contribution in [0.1, 0.15) is 44.8 Å². The molecule has 1 aromatic heterocycles. The number of hydrogen-bond donors (Lipinski definition) is 1. The maximum atomic E-state index is 11.2. The Bertz CT molecular complexity index is 446. The second-order valence-electron chi connectivity index (χ2n) is 5.06. The summed E-state index contributed by atoms with van der Waals surface area (Å²) in [6.45, 7) is 6.37. The van der Waals surface area contributed by atoms with Crippen LogP contribution in [0.15, 0.2) is 0 Å². The van der Waals surface area contributed by atoms with Gasteiger partial charge in [-0.2, -0.15) is 16.9 Å². The van der Waals surface area contributed by atoms with Crippen molar-refractivity contribution in [1.29, 1.82) is 0 Å². The molecule has 1 heterocycles. The molecule has 0 aliphatic heterocycles. The number of rotatable bonds is 9. The number of thioether (sulfide) groups is 1. The number of nitrogens with zero attached hydrogens (tertiary/aromatic N) is 3. The van der Waals surface area contributed by atoms with Crippen molar-refractivity contribution >= 4 is 23.3 Å². The topological polar surface area (TPSA) is 73.0 Å². The van der Waals surface area contributed by atoms with Crippen molar-refractivity contribution in [3.63, 3.8) is 0 Å². The lowest BCUT2D eigenvalue weighted by molar-refractivity contribution is -0.384. The fourth-order valence-corrected chi connectivity index (χ4v) is 2.54. The third kappa shape index (κ3) is 4.40. The molecule has 0 aromatic carbocycles. The average molecular weight is 300 g/mol. The van der Waals surface area contributed by atoms with Crippen molar-refractivity contribution in [3.05, 3.63) is 15.8 Å². The molecular formula is C13H24N4O2S. The summed E-state index contributed by atoms with van der Waals surface area (Å²) < 4.78 is 1.70. The second-order valence-corrected chi connectivity index (χ2v) is 6.04. The fraction of sp³-hybridized carbons (Fsp3) is 0.769. The molecule has 0 saturated heterocycles. The molecule has 1 N–H and O–H groups in total. The first-order valence-electron chi connectivity index (χ1n) is 6.95. The highest BCUT2D eigenvalue weighted by molar-refractivity contribution is 7.98. The zero-order chi connectivity index (χ0) is 15.1. The van der Waals surface area contributed by atoms with Crippen molar-refractivity contribution in [2.24, 2.45) is 0 Å². The first kappa shape index (κ1) is 16.8. The van der Waals surface area contributed by atoms with E-state index < -0.39 is 0 Å². The van der Waals surface area contributed by atoms with Gasteiger partial charge < -0.3 is 5.32 Å². The van der Waals surface area contributed by atoms with Gasteiger partial charge in [0.1, 0.15) is 5.69 Å². The monoisotopic (exact) mass is 300 g/mol. The molecule has 0 spiro atoms.